The zero-order valence-corrected chi connectivity index (χ0v) is 17.4. The molecular formula is C19H23ClN2O6S. The van der Waals surface area contributed by atoms with Crippen molar-refractivity contribution in [2.45, 2.75) is 17.9 Å². The second-order valence-corrected chi connectivity index (χ2v) is 8.34. The van der Waals surface area contributed by atoms with Crippen LogP contribution in [0, 0.1) is 0 Å². The van der Waals surface area contributed by atoms with Crippen LogP contribution in [0.4, 0.5) is 0 Å². The Morgan fingerprint density at radius 3 is 2.52 bits per heavy atom. The molecule has 10 heteroatoms. The predicted molar refractivity (Wildman–Crippen MR) is 108 cm³/mol. The highest BCUT2D eigenvalue weighted by Gasteiger charge is 2.27. The molecule has 1 amide bonds. The van der Waals surface area contributed by atoms with Gasteiger partial charge in [0.15, 0.2) is 0 Å². The zero-order chi connectivity index (χ0) is 21.3. The monoisotopic (exact) mass is 442 g/mol. The maximum absolute atomic E-state index is 13.1. The van der Waals surface area contributed by atoms with E-state index < -0.39 is 22.5 Å². The van der Waals surface area contributed by atoms with Crippen LogP contribution in [-0.2, 0) is 21.4 Å². The van der Waals surface area contributed by atoms with Gasteiger partial charge >= 0.3 is 0 Å². The van der Waals surface area contributed by atoms with Gasteiger partial charge in [0, 0.05) is 12.4 Å². The Bertz CT molecular complexity index is 905. The van der Waals surface area contributed by atoms with Gasteiger partial charge in [0.25, 0.3) is 5.91 Å². The van der Waals surface area contributed by atoms with Crippen molar-refractivity contribution in [3.63, 3.8) is 0 Å². The average Bonchev–Trinajstić information content (AvgIpc) is 2.73. The van der Waals surface area contributed by atoms with Crippen molar-refractivity contribution in [3.05, 3.63) is 54.1 Å². The Kier molecular flexibility index (Phi) is 8.71. The molecule has 2 aromatic rings. The summed E-state index contributed by atoms with van der Waals surface area (Å²) in [6, 6.07) is 12.7. The normalized spacial score (nSPS) is 11.3. The van der Waals surface area contributed by atoms with Crippen LogP contribution in [0.2, 0.25) is 0 Å². The van der Waals surface area contributed by atoms with Crippen LogP contribution in [0.1, 0.15) is 12.0 Å². The minimum absolute atomic E-state index is 0.00386. The Labute approximate surface area is 175 Å². The van der Waals surface area contributed by atoms with Crippen LogP contribution >= 0.6 is 11.6 Å². The molecule has 0 aliphatic heterocycles. The van der Waals surface area contributed by atoms with Gasteiger partial charge in [0.05, 0.1) is 25.2 Å². The van der Waals surface area contributed by atoms with E-state index in [4.69, 9.17) is 26.3 Å². The number of hydrogen-bond acceptors (Lipinski definition) is 6. The number of nitrogens with zero attached hydrogens (tertiary/aromatic N) is 1. The van der Waals surface area contributed by atoms with Gasteiger partial charge in [-0.1, -0.05) is 12.1 Å². The molecule has 0 radical (unpaired) electrons. The maximum atomic E-state index is 13.1. The molecule has 0 aliphatic rings. The van der Waals surface area contributed by atoms with Crippen LogP contribution in [-0.4, -0.2) is 50.0 Å². The number of methoxy groups -OCH3 is 1. The molecule has 0 aromatic heterocycles. The van der Waals surface area contributed by atoms with E-state index in [0.29, 0.717) is 36.0 Å². The van der Waals surface area contributed by atoms with Crippen molar-refractivity contribution >= 4 is 27.5 Å². The van der Waals surface area contributed by atoms with E-state index in [2.05, 4.69) is 0 Å². The van der Waals surface area contributed by atoms with E-state index in [1.807, 2.05) is 0 Å². The average molecular weight is 443 g/mol. The molecular weight excluding hydrogens is 420 g/mol. The minimum atomic E-state index is -4.02. The molecule has 2 aromatic carbocycles. The number of benzene rings is 2. The number of carbonyl (C=O) groups excluding carboxylic acids is 1. The van der Waals surface area contributed by atoms with Crippen molar-refractivity contribution in [2.75, 3.05) is 26.1 Å². The summed E-state index contributed by atoms with van der Waals surface area (Å²) in [6.07, 6.45) is 0.673. The summed E-state index contributed by atoms with van der Waals surface area (Å²) in [5, 5.41) is 8.84. The molecule has 158 valence electrons. The molecule has 0 spiro atoms. The number of amides is 1. The third-order valence-electron chi connectivity index (χ3n) is 3.95. The molecule has 0 fully saturated rings. The van der Waals surface area contributed by atoms with Crippen LogP contribution in [0.3, 0.4) is 0 Å². The molecule has 0 unspecified atom stereocenters. The molecule has 0 aliphatic carbocycles. The zero-order valence-electron chi connectivity index (χ0n) is 15.9. The van der Waals surface area contributed by atoms with Gasteiger partial charge in [0.2, 0.25) is 10.0 Å². The summed E-state index contributed by atoms with van der Waals surface area (Å²) >= 11 is 5.60. The molecule has 0 saturated heterocycles. The second-order valence-electron chi connectivity index (χ2n) is 6.02. The molecule has 0 bridgehead atoms. The second kappa shape index (κ2) is 11.0. The van der Waals surface area contributed by atoms with Gasteiger partial charge in [-0.3, -0.25) is 10.0 Å². The summed E-state index contributed by atoms with van der Waals surface area (Å²) in [6.45, 7) is -0.209. The Morgan fingerprint density at radius 2 is 1.90 bits per heavy atom. The number of ether oxygens (including phenoxy) is 2. The highest BCUT2D eigenvalue weighted by atomic mass is 35.5. The van der Waals surface area contributed by atoms with Crippen molar-refractivity contribution in [1.82, 2.24) is 9.79 Å². The standard InChI is InChI=1S/C19H23ClN2O6S/c1-27-17-5-2-4-15(12-17)13-22(14-19(23)21-24)29(25,26)18-8-6-16(7-9-18)28-11-3-10-20/h2,4-9,12,24H,3,10-11,13-14H2,1H3,(H,21,23). The van der Waals surface area contributed by atoms with Crippen molar-refractivity contribution in [1.29, 1.82) is 0 Å². The number of nitrogens with one attached hydrogen (secondary N) is 1. The first-order chi connectivity index (χ1) is 13.9. The number of halogens is 1. The molecule has 29 heavy (non-hydrogen) atoms. The van der Waals surface area contributed by atoms with Crippen molar-refractivity contribution < 1.29 is 27.9 Å². The van der Waals surface area contributed by atoms with E-state index in [0.717, 1.165) is 4.31 Å². The first-order valence-electron chi connectivity index (χ1n) is 8.75. The highest BCUT2D eigenvalue weighted by Crippen LogP contribution is 2.22. The third kappa shape index (κ3) is 6.60. The summed E-state index contributed by atoms with van der Waals surface area (Å²) in [5.41, 5.74) is 2.09. The highest BCUT2D eigenvalue weighted by molar-refractivity contribution is 7.89. The SMILES string of the molecule is COc1cccc(CN(CC(=O)NO)S(=O)(=O)c2ccc(OCCCCl)cc2)c1. The molecule has 2 rings (SSSR count). The largest absolute Gasteiger partial charge is 0.497 e. The number of hydroxylamine groups is 1. The quantitative estimate of drug-likeness (QED) is 0.239. The van der Waals surface area contributed by atoms with Crippen LogP contribution in [0.25, 0.3) is 0 Å². The van der Waals surface area contributed by atoms with Crippen LogP contribution < -0.4 is 15.0 Å². The van der Waals surface area contributed by atoms with Crippen molar-refractivity contribution in [3.8, 4) is 11.5 Å². The van der Waals surface area contributed by atoms with Crippen LogP contribution in [0.5, 0.6) is 11.5 Å². The van der Waals surface area contributed by atoms with E-state index in [9.17, 15) is 13.2 Å². The molecule has 8 nitrogen and oxygen atoms in total. The Hall–Kier alpha value is -2.33. The van der Waals surface area contributed by atoms with E-state index in [1.54, 1.807) is 24.3 Å². The number of rotatable bonds is 11. The first kappa shape index (κ1) is 23.0. The van der Waals surface area contributed by atoms with E-state index in [-0.39, 0.29) is 11.4 Å². The summed E-state index contributed by atoms with van der Waals surface area (Å²) in [4.78, 5) is 11.7. The molecule has 2 N–H and O–H groups in total. The smallest absolute Gasteiger partial charge is 0.258 e. The number of carbonyl (C=O) groups is 1. The van der Waals surface area contributed by atoms with Gasteiger partial charge in [0.1, 0.15) is 11.5 Å². The van der Waals surface area contributed by atoms with E-state index >= 15 is 0 Å². The topological polar surface area (TPSA) is 105 Å². The van der Waals surface area contributed by atoms with Gasteiger partial charge in [-0.2, -0.15) is 4.31 Å². The lowest BCUT2D eigenvalue weighted by molar-refractivity contribution is -0.129. The fraction of sp³-hybridized carbons (Fsp3) is 0.316. The fourth-order valence-corrected chi connectivity index (χ4v) is 3.99. The van der Waals surface area contributed by atoms with Crippen molar-refractivity contribution in [2.24, 2.45) is 0 Å². The molecule has 0 heterocycles. The third-order valence-corrected chi connectivity index (χ3v) is 6.02. The van der Waals surface area contributed by atoms with Gasteiger partial charge in [-0.05, 0) is 48.4 Å². The lowest BCUT2D eigenvalue weighted by atomic mass is 10.2. The maximum Gasteiger partial charge on any atom is 0.258 e. The van der Waals surface area contributed by atoms with Crippen LogP contribution in [0.15, 0.2) is 53.4 Å². The number of alkyl halides is 1. The summed E-state index contributed by atoms with van der Waals surface area (Å²) in [7, 11) is -2.52. The summed E-state index contributed by atoms with van der Waals surface area (Å²) < 4.78 is 37.8. The first-order valence-corrected chi connectivity index (χ1v) is 10.7. The van der Waals surface area contributed by atoms with E-state index in [1.165, 1.54) is 36.9 Å². The number of sulfonamides is 1. The fourth-order valence-electron chi connectivity index (χ4n) is 2.50. The summed E-state index contributed by atoms with van der Waals surface area (Å²) in [5.74, 6) is 0.697. The predicted octanol–water partition coefficient (Wildman–Crippen LogP) is 2.40. The van der Waals surface area contributed by atoms with Gasteiger partial charge in [-0.25, -0.2) is 13.9 Å². The number of hydrogen-bond donors (Lipinski definition) is 2. The lowest BCUT2D eigenvalue weighted by Crippen LogP contribution is -2.39. The minimum Gasteiger partial charge on any atom is -0.497 e. The lowest BCUT2D eigenvalue weighted by Gasteiger charge is -2.22. The molecule has 0 atom stereocenters. The molecule has 0 saturated carbocycles. The Balaban J connectivity index is 2.26. The Morgan fingerprint density at radius 1 is 1.17 bits per heavy atom. The van der Waals surface area contributed by atoms with Gasteiger partial charge < -0.3 is 9.47 Å². The van der Waals surface area contributed by atoms with Gasteiger partial charge in [-0.15, -0.1) is 11.6 Å².